The number of hydrogen-bond donors (Lipinski definition) is 1. The summed E-state index contributed by atoms with van der Waals surface area (Å²) in [6.07, 6.45) is 0. The molecule has 1 N–H and O–H groups in total. The fraction of sp³-hybridized carbons (Fsp3) is 0.0769. The van der Waals surface area contributed by atoms with Crippen LogP contribution in [0.1, 0.15) is 10.9 Å². The van der Waals surface area contributed by atoms with Gasteiger partial charge in [0, 0.05) is 21.2 Å². The molecule has 1 aliphatic heterocycles. The second-order valence-corrected chi connectivity index (χ2v) is 5.21. The maximum absolute atomic E-state index is 6.19. The molecule has 1 nitrogen and oxygen atoms in total. The second kappa shape index (κ2) is 4.04. The van der Waals surface area contributed by atoms with Crippen molar-refractivity contribution in [2.45, 2.75) is 10.3 Å². The van der Waals surface area contributed by atoms with Crippen LogP contribution < -0.4 is 5.32 Å². The molecule has 1 heterocycles. The van der Waals surface area contributed by atoms with Gasteiger partial charge in [-0.2, -0.15) is 0 Å². The predicted molar refractivity (Wildman–Crippen MR) is 70.1 cm³/mol. The lowest BCUT2D eigenvalue weighted by Crippen LogP contribution is -2.01. The molecule has 80 valence electrons. The Hall–Kier alpha value is -1.12. The fourth-order valence-corrected chi connectivity index (χ4v) is 3.31. The first-order chi connectivity index (χ1) is 7.84. The maximum atomic E-state index is 6.19. The van der Waals surface area contributed by atoms with Gasteiger partial charge in [0.15, 0.2) is 0 Å². The normalized spacial score (nSPS) is 17.9. The van der Waals surface area contributed by atoms with Crippen molar-refractivity contribution in [3.05, 3.63) is 59.1 Å². The third-order valence-corrected chi connectivity index (χ3v) is 4.17. The molecular weight excluding hydrogens is 238 g/mol. The number of anilines is 1. The fourth-order valence-electron chi connectivity index (χ4n) is 1.82. The third kappa shape index (κ3) is 1.68. The Labute approximate surface area is 104 Å². The average Bonchev–Trinajstić information content (AvgIpc) is 2.73. The van der Waals surface area contributed by atoms with Gasteiger partial charge >= 0.3 is 0 Å². The third-order valence-electron chi connectivity index (χ3n) is 2.61. The summed E-state index contributed by atoms with van der Waals surface area (Å²) < 4.78 is 0. The van der Waals surface area contributed by atoms with Crippen LogP contribution in [0.4, 0.5) is 5.69 Å². The molecule has 1 atom stereocenters. The first-order valence-corrected chi connectivity index (χ1v) is 6.37. The number of hydrogen-bond acceptors (Lipinski definition) is 2. The minimum absolute atomic E-state index is 0.228. The largest absolute Gasteiger partial charge is 0.368 e. The van der Waals surface area contributed by atoms with Gasteiger partial charge in [0.2, 0.25) is 0 Å². The van der Waals surface area contributed by atoms with Crippen molar-refractivity contribution < 1.29 is 0 Å². The highest BCUT2D eigenvalue weighted by atomic mass is 35.5. The molecule has 0 aliphatic carbocycles. The molecule has 0 bridgehead atoms. The van der Waals surface area contributed by atoms with E-state index in [1.807, 2.05) is 36.0 Å². The zero-order chi connectivity index (χ0) is 11.0. The van der Waals surface area contributed by atoms with Gasteiger partial charge in [-0.25, -0.2) is 0 Å². The molecule has 0 spiro atoms. The Morgan fingerprint density at radius 1 is 1.00 bits per heavy atom. The van der Waals surface area contributed by atoms with E-state index in [1.54, 1.807) is 0 Å². The minimum Gasteiger partial charge on any atom is -0.368 e. The van der Waals surface area contributed by atoms with Crippen LogP contribution >= 0.6 is 23.4 Å². The first-order valence-electron chi connectivity index (χ1n) is 5.11. The molecular formula is C13H10ClNS. The van der Waals surface area contributed by atoms with Crippen LogP contribution in [0.3, 0.4) is 0 Å². The van der Waals surface area contributed by atoms with E-state index in [-0.39, 0.29) is 5.37 Å². The van der Waals surface area contributed by atoms with Crippen molar-refractivity contribution in [3.63, 3.8) is 0 Å². The standard InChI is InChI=1S/C13H10ClNS/c14-10-6-2-1-5-9(10)13-15-11-7-3-4-8-12(11)16-13/h1-8,13,15H/t13-/m0/s1. The molecule has 16 heavy (non-hydrogen) atoms. The van der Waals surface area contributed by atoms with Crippen LogP contribution in [0.2, 0.25) is 5.02 Å². The van der Waals surface area contributed by atoms with Crippen LogP contribution in [0, 0.1) is 0 Å². The van der Waals surface area contributed by atoms with Gasteiger partial charge in [0.05, 0.1) is 0 Å². The summed E-state index contributed by atoms with van der Waals surface area (Å²) in [5, 5.41) is 4.52. The summed E-state index contributed by atoms with van der Waals surface area (Å²) in [4.78, 5) is 1.28. The van der Waals surface area contributed by atoms with E-state index in [0.29, 0.717) is 0 Å². The van der Waals surface area contributed by atoms with Gasteiger partial charge in [-0.05, 0) is 18.2 Å². The smallest absolute Gasteiger partial charge is 0.104 e. The summed E-state index contributed by atoms with van der Waals surface area (Å²) in [5.74, 6) is 0. The molecule has 0 radical (unpaired) electrons. The maximum Gasteiger partial charge on any atom is 0.104 e. The lowest BCUT2D eigenvalue weighted by atomic mass is 10.2. The van der Waals surface area contributed by atoms with Gasteiger partial charge in [0.25, 0.3) is 0 Å². The van der Waals surface area contributed by atoms with Crippen LogP contribution in [0.5, 0.6) is 0 Å². The van der Waals surface area contributed by atoms with Crippen LogP contribution in [-0.4, -0.2) is 0 Å². The molecule has 3 heteroatoms. The number of halogens is 1. The summed E-state index contributed by atoms with van der Waals surface area (Å²) in [7, 11) is 0. The number of benzene rings is 2. The van der Waals surface area contributed by atoms with Crippen LogP contribution in [0.15, 0.2) is 53.4 Å². The molecule has 3 rings (SSSR count). The quantitative estimate of drug-likeness (QED) is 0.793. The number of thioether (sulfide) groups is 1. The molecule has 2 aromatic rings. The van der Waals surface area contributed by atoms with Crippen molar-refractivity contribution in [3.8, 4) is 0 Å². The Morgan fingerprint density at radius 3 is 2.56 bits per heavy atom. The summed E-state index contributed by atoms with van der Waals surface area (Å²) >= 11 is 8.00. The number of nitrogens with one attached hydrogen (secondary N) is 1. The lowest BCUT2D eigenvalue weighted by molar-refractivity contribution is 1.13. The van der Waals surface area contributed by atoms with E-state index >= 15 is 0 Å². The Morgan fingerprint density at radius 2 is 1.75 bits per heavy atom. The SMILES string of the molecule is Clc1ccccc1[C@H]1Nc2ccccc2S1. The molecule has 0 fully saturated rings. The van der Waals surface area contributed by atoms with Crippen molar-refractivity contribution in [2.75, 3.05) is 5.32 Å². The van der Waals surface area contributed by atoms with E-state index in [4.69, 9.17) is 11.6 Å². The Kier molecular flexibility index (Phi) is 2.54. The number of fused-ring (bicyclic) bond motifs is 1. The average molecular weight is 248 g/mol. The summed E-state index contributed by atoms with van der Waals surface area (Å²) in [5.41, 5.74) is 2.34. The van der Waals surface area contributed by atoms with Gasteiger partial charge in [-0.1, -0.05) is 53.7 Å². The van der Waals surface area contributed by atoms with Gasteiger partial charge in [-0.3, -0.25) is 0 Å². The van der Waals surface area contributed by atoms with Crippen LogP contribution in [0.25, 0.3) is 0 Å². The highest BCUT2D eigenvalue weighted by Crippen LogP contribution is 2.47. The van der Waals surface area contributed by atoms with E-state index in [2.05, 4.69) is 29.6 Å². The minimum atomic E-state index is 0.228. The van der Waals surface area contributed by atoms with Gasteiger partial charge in [-0.15, -0.1) is 0 Å². The molecule has 0 amide bonds. The van der Waals surface area contributed by atoms with Crippen molar-refractivity contribution in [2.24, 2.45) is 0 Å². The zero-order valence-electron chi connectivity index (χ0n) is 8.48. The van der Waals surface area contributed by atoms with Crippen molar-refractivity contribution in [1.29, 1.82) is 0 Å². The number of rotatable bonds is 1. The molecule has 0 saturated heterocycles. The molecule has 0 aromatic heterocycles. The predicted octanol–water partition coefficient (Wildman–Crippen LogP) is 4.56. The highest BCUT2D eigenvalue weighted by Gasteiger charge is 2.23. The monoisotopic (exact) mass is 247 g/mol. The molecule has 0 unspecified atom stereocenters. The van der Waals surface area contributed by atoms with E-state index in [1.165, 1.54) is 10.6 Å². The zero-order valence-corrected chi connectivity index (χ0v) is 10.1. The second-order valence-electron chi connectivity index (χ2n) is 3.66. The van der Waals surface area contributed by atoms with E-state index < -0.39 is 0 Å². The molecule has 1 aliphatic rings. The molecule has 2 aromatic carbocycles. The number of para-hydroxylation sites is 1. The summed E-state index contributed by atoms with van der Waals surface area (Å²) in [6.45, 7) is 0. The highest BCUT2D eigenvalue weighted by molar-refractivity contribution is 8.00. The lowest BCUT2D eigenvalue weighted by Gasteiger charge is -2.12. The first kappa shape index (κ1) is 10.1. The Bertz CT molecular complexity index is 502. The van der Waals surface area contributed by atoms with Gasteiger partial charge in [0.1, 0.15) is 5.37 Å². The topological polar surface area (TPSA) is 12.0 Å². The van der Waals surface area contributed by atoms with E-state index in [9.17, 15) is 0 Å². The Balaban J connectivity index is 1.95. The van der Waals surface area contributed by atoms with Crippen molar-refractivity contribution >= 4 is 29.1 Å². The van der Waals surface area contributed by atoms with Crippen LogP contribution in [-0.2, 0) is 0 Å². The van der Waals surface area contributed by atoms with E-state index in [0.717, 1.165) is 10.6 Å². The summed E-state index contributed by atoms with van der Waals surface area (Å²) in [6, 6.07) is 16.3. The van der Waals surface area contributed by atoms with Crippen molar-refractivity contribution in [1.82, 2.24) is 0 Å². The van der Waals surface area contributed by atoms with Gasteiger partial charge < -0.3 is 5.32 Å². The molecule has 0 saturated carbocycles.